The number of carbonyl (C=O) groups excluding carboxylic acids is 1. The van der Waals surface area contributed by atoms with Gasteiger partial charge in [-0.1, -0.05) is 126 Å². The van der Waals surface area contributed by atoms with E-state index in [1.807, 2.05) is 18.2 Å². The summed E-state index contributed by atoms with van der Waals surface area (Å²) in [6.45, 7) is 4.59. The van der Waals surface area contributed by atoms with Crippen molar-refractivity contribution < 1.29 is 9.53 Å². The Morgan fingerprint density at radius 2 is 1.52 bits per heavy atom. The Bertz CT molecular complexity index is 1060. The fourth-order valence-corrected chi connectivity index (χ4v) is 5.20. The largest absolute Gasteiger partial charge is 0.348 e. The van der Waals surface area contributed by atoms with Gasteiger partial charge in [0.05, 0.1) is 0 Å². The number of hydrogen-bond acceptors (Lipinski definition) is 2. The maximum Gasteiger partial charge on any atom is 0.179 e. The quantitative estimate of drug-likeness (QED) is 0.151. The molecule has 1 aliphatic heterocycles. The predicted molar refractivity (Wildman–Crippen MR) is 138 cm³/mol. The maximum absolute atomic E-state index is 12.3. The van der Waals surface area contributed by atoms with Crippen molar-refractivity contribution in [1.29, 1.82) is 0 Å². The normalized spacial score (nSPS) is 20.6. The lowest BCUT2D eigenvalue weighted by Crippen LogP contribution is -2.13. The lowest BCUT2D eigenvalue weighted by molar-refractivity contribution is -0.112. The molecule has 0 aliphatic carbocycles. The molecule has 3 aromatic carbocycles. The highest BCUT2D eigenvalue weighted by Crippen LogP contribution is 2.57. The molecule has 3 atom stereocenters. The molecule has 4 rings (SSSR count). The Balaban J connectivity index is 1.41. The second-order valence-corrected chi connectivity index (χ2v) is 9.76. The highest BCUT2D eigenvalue weighted by Gasteiger charge is 2.59. The van der Waals surface area contributed by atoms with E-state index in [1.54, 1.807) is 0 Å². The van der Waals surface area contributed by atoms with Gasteiger partial charge >= 0.3 is 0 Å². The summed E-state index contributed by atoms with van der Waals surface area (Å²) in [6, 6.07) is 23.1. The van der Waals surface area contributed by atoms with Crippen LogP contribution in [0, 0.1) is 0 Å². The van der Waals surface area contributed by atoms with Crippen LogP contribution < -0.4 is 0 Å². The zero-order chi connectivity index (χ0) is 23.1. The van der Waals surface area contributed by atoms with Gasteiger partial charge in [-0.15, -0.1) is 0 Å². The van der Waals surface area contributed by atoms with Crippen LogP contribution in [0.25, 0.3) is 10.8 Å². The van der Waals surface area contributed by atoms with E-state index in [2.05, 4.69) is 62.4 Å². The minimum atomic E-state index is -0.863. The molecule has 33 heavy (non-hydrogen) atoms. The summed E-state index contributed by atoms with van der Waals surface area (Å²) in [7, 11) is 0. The van der Waals surface area contributed by atoms with Crippen LogP contribution in [0.1, 0.15) is 100 Å². The Morgan fingerprint density at radius 1 is 0.848 bits per heavy atom. The molecule has 0 N–H and O–H groups in total. The van der Waals surface area contributed by atoms with Gasteiger partial charge in [-0.3, -0.25) is 4.79 Å². The Kier molecular flexibility index (Phi) is 7.98. The number of benzene rings is 3. The van der Waals surface area contributed by atoms with Crippen molar-refractivity contribution in [1.82, 2.24) is 0 Å². The third kappa shape index (κ3) is 5.38. The molecule has 0 aromatic heterocycles. The SMILES string of the molecule is CCCCCCCCCCC(C)c1ccccc1[C@@H]1O[C@]1(C=O)c1ccc2ccccc2c1. The van der Waals surface area contributed by atoms with Crippen LogP contribution in [0.4, 0.5) is 0 Å². The van der Waals surface area contributed by atoms with Gasteiger partial charge in [0.25, 0.3) is 0 Å². The number of unbranched alkanes of at least 4 members (excludes halogenated alkanes) is 7. The average Bonchev–Trinajstić information content (AvgIpc) is 3.61. The first-order chi connectivity index (χ1) is 16.2. The molecule has 2 nitrogen and oxygen atoms in total. The smallest absolute Gasteiger partial charge is 0.179 e. The molecule has 3 aromatic rings. The van der Waals surface area contributed by atoms with Crippen molar-refractivity contribution in [2.75, 3.05) is 0 Å². The number of epoxide rings is 1. The van der Waals surface area contributed by atoms with Crippen molar-refractivity contribution in [2.24, 2.45) is 0 Å². The molecular weight excluding hydrogens is 404 g/mol. The monoisotopic (exact) mass is 442 g/mol. The van der Waals surface area contributed by atoms with E-state index >= 15 is 0 Å². The summed E-state index contributed by atoms with van der Waals surface area (Å²) < 4.78 is 6.19. The van der Waals surface area contributed by atoms with Crippen molar-refractivity contribution in [3.8, 4) is 0 Å². The minimum Gasteiger partial charge on any atom is -0.348 e. The molecule has 0 spiro atoms. The van der Waals surface area contributed by atoms with Gasteiger partial charge in [-0.2, -0.15) is 0 Å². The first-order valence-electron chi connectivity index (χ1n) is 12.9. The zero-order valence-electron chi connectivity index (χ0n) is 20.3. The first-order valence-corrected chi connectivity index (χ1v) is 12.9. The zero-order valence-corrected chi connectivity index (χ0v) is 20.3. The molecule has 1 saturated heterocycles. The fourth-order valence-electron chi connectivity index (χ4n) is 5.20. The molecular formula is C31H38O2. The molecule has 2 heteroatoms. The molecule has 0 radical (unpaired) electrons. The molecule has 174 valence electrons. The van der Waals surface area contributed by atoms with Crippen molar-refractivity contribution >= 4 is 17.1 Å². The highest BCUT2D eigenvalue weighted by molar-refractivity contribution is 5.85. The van der Waals surface area contributed by atoms with Crippen molar-refractivity contribution in [2.45, 2.75) is 89.3 Å². The third-order valence-electron chi connectivity index (χ3n) is 7.32. The van der Waals surface area contributed by atoms with Gasteiger partial charge in [0.2, 0.25) is 0 Å². The van der Waals surface area contributed by atoms with Crippen LogP contribution in [0.3, 0.4) is 0 Å². The van der Waals surface area contributed by atoms with Crippen LogP contribution in [0.2, 0.25) is 0 Å². The molecule has 1 unspecified atom stereocenters. The summed E-state index contributed by atoms with van der Waals surface area (Å²) in [5, 5.41) is 2.32. The van der Waals surface area contributed by atoms with E-state index in [4.69, 9.17) is 4.74 Å². The second kappa shape index (κ2) is 11.1. The van der Waals surface area contributed by atoms with Crippen molar-refractivity contribution in [3.63, 3.8) is 0 Å². The van der Waals surface area contributed by atoms with Gasteiger partial charge in [-0.05, 0) is 45.9 Å². The number of carbonyl (C=O) groups is 1. The van der Waals surface area contributed by atoms with Gasteiger partial charge < -0.3 is 4.74 Å². The number of hydrogen-bond donors (Lipinski definition) is 0. The molecule has 1 aliphatic rings. The fraction of sp³-hybridized carbons (Fsp3) is 0.452. The van der Waals surface area contributed by atoms with E-state index in [1.165, 1.54) is 74.3 Å². The van der Waals surface area contributed by atoms with Crippen LogP contribution in [0.15, 0.2) is 66.7 Å². The van der Waals surface area contributed by atoms with Crippen LogP contribution >= 0.6 is 0 Å². The highest BCUT2D eigenvalue weighted by atomic mass is 16.6. The standard InChI is InChI=1S/C31H38O2/c1-3-4-5-6-7-8-9-10-15-24(2)28-18-13-14-19-29(28)30-31(23-32,33-30)27-21-20-25-16-11-12-17-26(25)22-27/h11-14,16-24,30H,3-10,15H2,1-2H3/t24?,30-,31+/m0/s1. The molecule has 0 saturated carbocycles. The van der Waals surface area contributed by atoms with E-state index < -0.39 is 5.60 Å². The Morgan fingerprint density at radius 3 is 2.27 bits per heavy atom. The summed E-state index contributed by atoms with van der Waals surface area (Å²) in [5.41, 5.74) is 2.59. The minimum absolute atomic E-state index is 0.201. The molecule has 0 bridgehead atoms. The van der Waals surface area contributed by atoms with E-state index in [0.29, 0.717) is 5.92 Å². The van der Waals surface area contributed by atoms with Crippen LogP contribution in [-0.4, -0.2) is 6.29 Å². The van der Waals surface area contributed by atoms with E-state index in [9.17, 15) is 4.79 Å². The number of rotatable bonds is 13. The lowest BCUT2D eigenvalue weighted by atomic mass is 9.85. The Hall–Kier alpha value is -2.45. The average molecular weight is 443 g/mol. The Labute approximate surface area is 199 Å². The summed E-state index contributed by atoms with van der Waals surface area (Å²) >= 11 is 0. The van der Waals surface area contributed by atoms with Crippen LogP contribution in [-0.2, 0) is 15.1 Å². The van der Waals surface area contributed by atoms with Crippen LogP contribution in [0.5, 0.6) is 0 Å². The molecule has 0 amide bonds. The van der Waals surface area contributed by atoms with E-state index in [0.717, 1.165) is 17.2 Å². The topological polar surface area (TPSA) is 29.6 Å². The van der Waals surface area contributed by atoms with Gasteiger partial charge in [0.15, 0.2) is 11.9 Å². The van der Waals surface area contributed by atoms with Crippen molar-refractivity contribution in [3.05, 3.63) is 83.4 Å². The summed E-state index contributed by atoms with van der Waals surface area (Å²) in [5.74, 6) is 0.464. The third-order valence-corrected chi connectivity index (χ3v) is 7.32. The summed E-state index contributed by atoms with van der Waals surface area (Å²) in [6.07, 6.45) is 12.7. The molecule has 1 heterocycles. The predicted octanol–water partition coefficient (Wildman–Crippen LogP) is 8.64. The number of aldehydes is 1. The lowest BCUT2D eigenvalue weighted by Gasteiger charge is -2.16. The van der Waals surface area contributed by atoms with Gasteiger partial charge in [-0.25, -0.2) is 0 Å². The first kappa shape index (κ1) is 23.7. The molecule has 1 fully saturated rings. The number of fused-ring (bicyclic) bond motifs is 1. The number of ether oxygens (including phenoxy) is 1. The van der Waals surface area contributed by atoms with Gasteiger partial charge in [0, 0.05) is 0 Å². The second-order valence-electron chi connectivity index (χ2n) is 9.76. The summed E-state index contributed by atoms with van der Waals surface area (Å²) in [4.78, 5) is 12.3. The van der Waals surface area contributed by atoms with E-state index in [-0.39, 0.29) is 6.10 Å². The van der Waals surface area contributed by atoms with Gasteiger partial charge in [0.1, 0.15) is 6.10 Å². The maximum atomic E-state index is 12.3.